The number of pyridine rings is 1. The monoisotopic (exact) mass is 271 g/mol. The van der Waals surface area contributed by atoms with Crippen LogP contribution < -0.4 is 5.73 Å². The molecular formula is C15H21N5. The van der Waals surface area contributed by atoms with Gasteiger partial charge >= 0.3 is 0 Å². The molecule has 0 amide bonds. The molecule has 20 heavy (non-hydrogen) atoms. The van der Waals surface area contributed by atoms with Crippen molar-refractivity contribution in [2.24, 2.45) is 5.73 Å². The Bertz CT molecular complexity index is 682. The molecule has 2 rings (SSSR count). The van der Waals surface area contributed by atoms with Crippen LogP contribution >= 0.6 is 0 Å². The molecule has 0 aromatic carbocycles. The van der Waals surface area contributed by atoms with Gasteiger partial charge in [0.15, 0.2) is 0 Å². The summed E-state index contributed by atoms with van der Waals surface area (Å²) in [6.45, 7) is 9.99. The maximum Gasteiger partial charge on any atom is 0.126 e. The molecule has 2 heterocycles. The number of aryl methyl sites for hydroxylation is 3. The van der Waals surface area contributed by atoms with E-state index in [0.717, 1.165) is 34.9 Å². The molecule has 2 aromatic heterocycles. The first-order valence-electron chi connectivity index (χ1n) is 6.74. The zero-order valence-corrected chi connectivity index (χ0v) is 12.7. The molecule has 0 aliphatic rings. The molecule has 0 unspecified atom stereocenters. The summed E-state index contributed by atoms with van der Waals surface area (Å²) in [4.78, 5) is 4.40. The van der Waals surface area contributed by atoms with Gasteiger partial charge in [-0.15, -0.1) is 0 Å². The van der Waals surface area contributed by atoms with Crippen molar-refractivity contribution in [2.75, 3.05) is 0 Å². The zero-order chi connectivity index (χ0) is 15.0. The Labute approximate surface area is 119 Å². The molecule has 0 aliphatic carbocycles. The molecule has 0 saturated carbocycles. The minimum Gasteiger partial charge on any atom is -0.384 e. The number of nitrogens with one attached hydrogen (secondary N) is 1. The Hall–Kier alpha value is -2.17. The smallest absolute Gasteiger partial charge is 0.126 e. The Morgan fingerprint density at radius 1 is 1.25 bits per heavy atom. The van der Waals surface area contributed by atoms with Gasteiger partial charge in [-0.05, 0) is 45.7 Å². The molecule has 0 spiro atoms. The predicted molar refractivity (Wildman–Crippen MR) is 80.7 cm³/mol. The summed E-state index contributed by atoms with van der Waals surface area (Å²) in [5, 5.41) is 12.4. The molecule has 3 N–H and O–H groups in total. The van der Waals surface area contributed by atoms with Gasteiger partial charge in [-0.3, -0.25) is 10.4 Å². The largest absolute Gasteiger partial charge is 0.384 e. The molecule has 5 heteroatoms. The van der Waals surface area contributed by atoms with Gasteiger partial charge in [0, 0.05) is 11.4 Å². The first-order chi connectivity index (χ1) is 9.36. The average molecular weight is 271 g/mol. The first-order valence-corrected chi connectivity index (χ1v) is 6.74. The minimum absolute atomic E-state index is 0.0237. The summed E-state index contributed by atoms with van der Waals surface area (Å²) in [5.74, 6) is 0.0237. The highest BCUT2D eigenvalue weighted by molar-refractivity contribution is 5.99. The lowest BCUT2D eigenvalue weighted by Gasteiger charge is -2.13. The van der Waals surface area contributed by atoms with Crippen molar-refractivity contribution in [1.29, 1.82) is 5.41 Å². The molecule has 0 aliphatic heterocycles. The Morgan fingerprint density at radius 3 is 2.40 bits per heavy atom. The lowest BCUT2D eigenvalue weighted by Crippen LogP contribution is -2.19. The van der Waals surface area contributed by atoms with Crippen LogP contribution in [-0.2, 0) is 6.42 Å². The molecule has 5 nitrogen and oxygen atoms in total. The summed E-state index contributed by atoms with van der Waals surface area (Å²) < 4.78 is 1.88. The van der Waals surface area contributed by atoms with Crippen LogP contribution in [0.5, 0.6) is 0 Å². The zero-order valence-electron chi connectivity index (χ0n) is 12.7. The van der Waals surface area contributed by atoms with Crippen LogP contribution in [0.4, 0.5) is 0 Å². The second-order valence-corrected chi connectivity index (χ2v) is 5.07. The van der Waals surface area contributed by atoms with Gasteiger partial charge in [-0.2, -0.15) is 5.10 Å². The van der Waals surface area contributed by atoms with Gasteiger partial charge in [-0.25, -0.2) is 4.68 Å². The first kappa shape index (κ1) is 14.2. The number of nitrogen functional groups attached to an aromatic ring is 1. The Kier molecular flexibility index (Phi) is 3.61. The topological polar surface area (TPSA) is 80.6 Å². The normalized spacial score (nSPS) is 10.8. The fourth-order valence-electron chi connectivity index (χ4n) is 2.73. The average Bonchev–Trinajstić information content (AvgIpc) is 2.62. The van der Waals surface area contributed by atoms with Crippen molar-refractivity contribution in [3.63, 3.8) is 0 Å². The Morgan fingerprint density at radius 2 is 1.90 bits per heavy atom. The number of aromatic nitrogens is 3. The number of hydrogen-bond acceptors (Lipinski definition) is 3. The molecule has 0 saturated heterocycles. The van der Waals surface area contributed by atoms with Crippen LogP contribution in [0.1, 0.15) is 40.8 Å². The highest BCUT2D eigenvalue weighted by atomic mass is 15.3. The molecule has 106 valence electrons. The van der Waals surface area contributed by atoms with Gasteiger partial charge in [0.05, 0.1) is 22.6 Å². The van der Waals surface area contributed by atoms with Gasteiger partial charge in [0.1, 0.15) is 5.84 Å². The molecule has 0 atom stereocenters. The number of amidine groups is 1. The third-order valence-electron chi connectivity index (χ3n) is 3.60. The third-order valence-corrected chi connectivity index (χ3v) is 3.60. The van der Waals surface area contributed by atoms with Crippen LogP contribution in [0.3, 0.4) is 0 Å². The summed E-state index contributed by atoms with van der Waals surface area (Å²) >= 11 is 0. The second-order valence-electron chi connectivity index (χ2n) is 5.07. The van der Waals surface area contributed by atoms with Crippen molar-refractivity contribution >= 4 is 5.84 Å². The van der Waals surface area contributed by atoms with E-state index in [2.05, 4.69) is 17.0 Å². The summed E-state index contributed by atoms with van der Waals surface area (Å²) in [7, 11) is 0. The van der Waals surface area contributed by atoms with E-state index in [9.17, 15) is 0 Å². The molecule has 0 fully saturated rings. The predicted octanol–water partition coefficient (Wildman–Crippen LogP) is 2.35. The van der Waals surface area contributed by atoms with Crippen LogP contribution in [0.15, 0.2) is 6.07 Å². The van der Waals surface area contributed by atoms with Crippen molar-refractivity contribution in [1.82, 2.24) is 14.8 Å². The number of nitrogens with zero attached hydrogens (tertiary/aromatic N) is 3. The molecule has 0 radical (unpaired) electrons. The van der Waals surface area contributed by atoms with E-state index in [1.807, 2.05) is 38.4 Å². The lowest BCUT2D eigenvalue weighted by molar-refractivity contribution is 0.823. The number of hydrogen-bond donors (Lipinski definition) is 2. The van der Waals surface area contributed by atoms with E-state index in [-0.39, 0.29) is 5.84 Å². The van der Waals surface area contributed by atoms with Gasteiger partial charge in [0.2, 0.25) is 0 Å². The Balaban J connectivity index is 2.79. The third kappa shape index (κ3) is 2.19. The van der Waals surface area contributed by atoms with Crippen molar-refractivity contribution < 1.29 is 0 Å². The summed E-state index contributed by atoms with van der Waals surface area (Å²) in [5.41, 5.74) is 12.2. The summed E-state index contributed by atoms with van der Waals surface area (Å²) in [6, 6.07) is 1.93. The van der Waals surface area contributed by atoms with Crippen LogP contribution in [-0.4, -0.2) is 20.6 Å². The standard InChI is InChI=1S/C15H21N5/c1-6-12-9(3)19-20(11(12)5)13-7-8(2)18-10(4)14(13)15(16)17/h7H,6H2,1-5H3,(H3,16,17). The van der Waals surface area contributed by atoms with Gasteiger partial charge in [0.25, 0.3) is 0 Å². The maximum absolute atomic E-state index is 7.81. The van der Waals surface area contributed by atoms with E-state index in [0.29, 0.717) is 5.56 Å². The van der Waals surface area contributed by atoms with Crippen LogP contribution in [0, 0.1) is 33.1 Å². The van der Waals surface area contributed by atoms with E-state index < -0.39 is 0 Å². The SMILES string of the molecule is CCc1c(C)nn(-c2cc(C)nc(C)c2C(=N)N)c1C. The second kappa shape index (κ2) is 5.07. The van der Waals surface area contributed by atoms with Crippen molar-refractivity contribution in [3.8, 4) is 5.69 Å². The molecular weight excluding hydrogens is 250 g/mol. The van der Waals surface area contributed by atoms with Crippen LogP contribution in [0.2, 0.25) is 0 Å². The van der Waals surface area contributed by atoms with Crippen LogP contribution in [0.25, 0.3) is 5.69 Å². The van der Waals surface area contributed by atoms with E-state index in [4.69, 9.17) is 11.1 Å². The number of rotatable bonds is 3. The fraction of sp³-hybridized carbons (Fsp3) is 0.400. The van der Waals surface area contributed by atoms with Crippen molar-refractivity contribution in [3.05, 3.63) is 40.0 Å². The van der Waals surface area contributed by atoms with E-state index in [1.165, 1.54) is 5.56 Å². The molecule has 2 aromatic rings. The number of nitrogens with two attached hydrogens (primary N) is 1. The lowest BCUT2D eigenvalue weighted by atomic mass is 10.1. The van der Waals surface area contributed by atoms with E-state index >= 15 is 0 Å². The fourth-order valence-corrected chi connectivity index (χ4v) is 2.73. The maximum atomic E-state index is 7.81. The van der Waals surface area contributed by atoms with Gasteiger partial charge in [-0.1, -0.05) is 6.92 Å². The van der Waals surface area contributed by atoms with Crippen molar-refractivity contribution in [2.45, 2.75) is 41.0 Å². The highest BCUT2D eigenvalue weighted by Gasteiger charge is 2.17. The summed E-state index contributed by atoms with van der Waals surface area (Å²) in [6.07, 6.45) is 0.941. The van der Waals surface area contributed by atoms with Gasteiger partial charge < -0.3 is 5.73 Å². The quantitative estimate of drug-likeness (QED) is 0.664. The highest BCUT2D eigenvalue weighted by Crippen LogP contribution is 2.23. The van der Waals surface area contributed by atoms with E-state index in [1.54, 1.807) is 0 Å². The minimum atomic E-state index is 0.0237. The molecule has 0 bridgehead atoms.